The lowest BCUT2D eigenvalue weighted by Crippen LogP contribution is -2.33. The number of phenols is 1. The maximum Gasteiger partial charge on any atom is 0.167 e. The summed E-state index contributed by atoms with van der Waals surface area (Å²) in [6.45, 7) is -0.173. The summed E-state index contributed by atoms with van der Waals surface area (Å²) >= 11 is 0. The molecule has 12 nitrogen and oxygen atoms in total. The van der Waals surface area contributed by atoms with Crippen molar-refractivity contribution in [3.8, 4) is 17.2 Å². The van der Waals surface area contributed by atoms with Crippen LogP contribution in [0, 0.1) is 0 Å². The van der Waals surface area contributed by atoms with Crippen molar-refractivity contribution in [2.75, 3.05) is 26.1 Å². The third-order valence-electron chi connectivity index (χ3n) is 5.18. The fourth-order valence-corrected chi connectivity index (χ4v) is 3.54. The summed E-state index contributed by atoms with van der Waals surface area (Å²) in [5.74, 6) is 1.20. The minimum atomic E-state index is -1.26. The highest BCUT2D eigenvalue weighted by atomic mass is 16.6. The van der Waals surface area contributed by atoms with E-state index in [9.17, 15) is 20.4 Å². The summed E-state index contributed by atoms with van der Waals surface area (Å²) < 4.78 is 17.5. The summed E-state index contributed by atoms with van der Waals surface area (Å²) in [6, 6.07) is 3.11. The van der Waals surface area contributed by atoms with Gasteiger partial charge < -0.3 is 40.0 Å². The Hall–Kier alpha value is -3.19. The number of aromatic hydroxyl groups is 1. The Bertz CT molecular complexity index is 1080. The number of nitrogens with zero attached hydrogens (tertiary/aromatic N) is 4. The van der Waals surface area contributed by atoms with Crippen molar-refractivity contribution in [1.82, 2.24) is 19.5 Å². The molecule has 12 heteroatoms. The van der Waals surface area contributed by atoms with Gasteiger partial charge in [0.1, 0.15) is 30.4 Å². The first-order chi connectivity index (χ1) is 15.0. The molecule has 5 N–H and O–H groups in total. The van der Waals surface area contributed by atoms with Crippen LogP contribution >= 0.6 is 0 Å². The van der Waals surface area contributed by atoms with Crippen molar-refractivity contribution in [2.24, 2.45) is 0 Å². The van der Waals surface area contributed by atoms with Gasteiger partial charge in [0.05, 0.1) is 27.2 Å². The Morgan fingerprint density at radius 2 is 1.87 bits per heavy atom. The number of ether oxygens (including phenoxy) is 3. The van der Waals surface area contributed by atoms with Crippen molar-refractivity contribution >= 4 is 17.0 Å². The predicted molar refractivity (Wildman–Crippen MR) is 107 cm³/mol. The van der Waals surface area contributed by atoms with E-state index in [4.69, 9.17) is 14.2 Å². The molecule has 4 rings (SSSR count). The number of rotatable bonds is 7. The van der Waals surface area contributed by atoms with Crippen LogP contribution in [0.4, 0.5) is 5.82 Å². The number of aromatic nitrogens is 4. The first kappa shape index (κ1) is 21.1. The molecule has 1 aliphatic rings. The molecule has 1 unspecified atom stereocenters. The van der Waals surface area contributed by atoms with Crippen molar-refractivity contribution in [3.05, 3.63) is 30.4 Å². The number of phenolic OH excluding ortho intramolecular Hbond substituents is 1. The van der Waals surface area contributed by atoms with Crippen LogP contribution in [-0.2, 0) is 11.3 Å². The van der Waals surface area contributed by atoms with Crippen molar-refractivity contribution in [2.45, 2.75) is 31.1 Å². The topological polar surface area (TPSA) is 164 Å². The van der Waals surface area contributed by atoms with E-state index in [2.05, 4.69) is 20.3 Å². The van der Waals surface area contributed by atoms with Gasteiger partial charge >= 0.3 is 0 Å². The van der Waals surface area contributed by atoms with E-state index in [1.54, 1.807) is 6.07 Å². The van der Waals surface area contributed by atoms with Gasteiger partial charge in [0, 0.05) is 18.2 Å². The van der Waals surface area contributed by atoms with Gasteiger partial charge in [0.25, 0.3) is 0 Å². The molecule has 31 heavy (non-hydrogen) atoms. The molecule has 0 spiro atoms. The fourth-order valence-electron chi connectivity index (χ4n) is 3.54. The van der Waals surface area contributed by atoms with Gasteiger partial charge in [-0.2, -0.15) is 0 Å². The number of aliphatic hydroxyl groups excluding tert-OH is 3. The molecule has 1 saturated heterocycles. The highest BCUT2D eigenvalue weighted by Crippen LogP contribution is 2.35. The normalized spacial score (nSPS) is 23.3. The van der Waals surface area contributed by atoms with Crippen LogP contribution in [0.25, 0.3) is 11.2 Å². The minimum absolute atomic E-state index is 0.0263. The van der Waals surface area contributed by atoms with Crippen molar-refractivity contribution in [1.29, 1.82) is 0 Å². The zero-order chi connectivity index (χ0) is 22.1. The molecule has 1 fully saturated rings. The van der Waals surface area contributed by atoms with Gasteiger partial charge in [-0.15, -0.1) is 0 Å². The number of fused-ring (bicyclic) bond motifs is 1. The SMILES string of the molecule is COc1cc(OC)c(CNc2ncnc3c2ncn3C2O[C@H](CO)[C@@H](O)[C@H]2O)cc1O. The average Bonchev–Trinajstić information content (AvgIpc) is 3.33. The van der Waals surface area contributed by atoms with E-state index in [1.165, 1.54) is 37.5 Å². The van der Waals surface area contributed by atoms with Gasteiger partial charge in [0.15, 0.2) is 34.7 Å². The van der Waals surface area contributed by atoms with Crippen molar-refractivity contribution < 1.29 is 34.6 Å². The third-order valence-corrected chi connectivity index (χ3v) is 5.18. The molecule has 0 saturated carbocycles. The smallest absolute Gasteiger partial charge is 0.167 e. The number of hydrogen-bond acceptors (Lipinski definition) is 11. The summed E-state index contributed by atoms with van der Waals surface area (Å²) in [5.41, 5.74) is 1.45. The maximum absolute atomic E-state index is 10.3. The van der Waals surface area contributed by atoms with Gasteiger partial charge in [-0.05, 0) is 6.07 Å². The van der Waals surface area contributed by atoms with Crippen LogP contribution in [-0.4, -0.2) is 79.1 Å². The number of benzene rings is 1. The molecule has 1 aliphatic heterocycles. The largest absolute Gasteiger partial charge is 0.504 e. The monoisotopic (exact) mass is 433 g/mol. The number of methoxy groups -OCH3 is 2. The molecule has 0 bridgehead atoms. The number of hydrogen-bond donors (Lipinski definition) is 5. The molecular formula is C19H23N5O7. The molecule has 0 aliphatic carbocycles. The molecule has 0 amide bonds. The number of imidazole rings is 1. The van der Waals surface area contributed by atoms with Crippen LogP contribution in [0.5, 0.6) is 17.2 Å². The van der Waals surface area contributed by atoms with Crippen LogP contribution in [0.3, 0.4) is 0 Å². The Morgan fingerprint density at radius 3 is 2.55 bits per heavy atom. The molecular weight excluding hydrogens is 410 g/mol. The van der Waals surface area contributed by atoms with Gasteiger partial charge in [0.2, 0.25) is 0 Å². The lowest BCUT2D eigenvalue weighted by atomic mass is 10.1. The first-order valence-corrected chi connectivity index (χ1v) is 9.46. The van der Waals surface area contributed by atoms with E-state index < -0.39 is 31.1 Å². The Kier molecular flexibility index (Phi) is 5.78. The van der Waals surface area contributed by atoms with Gasteiger partial charge in [-0.1, -0.05) is 0 Å². The molecule has 3 heterocycles. The second kappa shape index (κ2) is 8.51. The van der Waals surface area contributed by atoms with E-state index in [0.29, 0.717) is 34.0 Å². The van der Waals surface area contributed by atoms with Crippen LogP contribution in [0.1, 0.15) is 11.8 Å². The Balaban J connectivity index is 1.60. The standard InChI is InChI=1S/C19H23N5O7/c1-29-11-4-12(30-2)10(26)3-9(11)5-20-17-14-18(22-7-21-17)24(8-23-14)19-16(28)15(27)13(6-25)31-19/h3-4,7-8,13,15-16,19,25-28H,5-6H2,1-2H3,(H,20,21,22)/t13-,15-,16-,19?/m1/s1. The predicted octanol–water partition coefficient (Wildman–Crippen LogP) is -0.227. The number of aliphatic hydroxyl groups is 3. The van der Waals surface area contributed by atoms with Gasteiger partial charge in [-0.3, -0.25) is 4.57 Å². The third kappa shape index (κ3) is 3.70. The summed E-state index contributed by atoms with van der Waals surface area (Å²) in [6.07, 6.45) is -1.61. The molecule has 3 aromatic rings. The molecule has 4 atom stereocenters. The van der Waals surface area contributed by atoms with Crippen molar-refractivity contribution in [3.63, 3.8) is 0 Å². The second-order valence-electron chi connectivity index (χ2n) is 6.96. The molecule has 2 aromatic heterocycles. The van der Waals surface area contributed by atoms with Crippen LogP contribution in [0.2, 0.25) is 0 Å². The first-order valence-electron chi connectivity index (χ1n) is 9.46. The summed E-state index contributed by atoms with van der Waals surface area (Å²) in [5, 5.41) is 42.8. The molecule has 1 aromatic carbocycles. The lowest BCUT2D eigenvalue weighted by Gasteiger charge is -2.16. The van der Waals surface area contributed by atoms with Crippen LogP contribution in [0.15, 0.2) is 24.8 Å². The fraction of sp³-hybridized carbons (Fsp3) is 0.421. The summed E-state index contributed by atoms with van der Waals surface area (Å²) in [7, 11) is 2.97. The van der Waals surface area contributed by atoms with Gasteiger partial charge in [-0.25, -0.2) is 15.0 Å². The molecule has 166 valence electrons. The Morgan fingerprint density at radius 1 is 1.10 bits per heavy atom. The van der Waals surface area contributed by atoms with E-state index in [1.807, 2.05) is 0 Å². The van der Waals surface area contributed by atoms with E-state index in [-0.39, 0.29) is 12.3 Å². The number of anilines is 1. The number of nitrogens with one attached hydrogen (secondary N) is 1. The minimum Gasteiger partial charge on any atom is -0.504 e. The average molecular weight is 433 g/mol. The Labute approximate surface area is 176 Å². The maximum atomic E-state index is 10.3. The van der Waals surface area contributed by atoms with E-state index in [0.717, 1.165) is 0 Å². The zero-order valence-electron chi connectivity index (χ0n) is 16.8. The quantitative estimate of drug-likeness (QED) is 0.334. The zero-order valence-corrected chi connectivity index (χ0v) is 16.8. The molecule has 0 radical (unpaired) electrons. The summed E-state index contributed by atoms with van der Waals surface area (Å²) in [4.78, 5) is 12.7. The highest BCUT2D eigenvalue weighted by molar-refractivity contribution is 5.82. The highest BCUT2D eigenvalue weighted by Gasteiger charge is 2.44. The van der Waals surface area contributed by atoms with E-state index >= 15 is 0 Å². The lowest BCUT2D eigenvalue weighted by molar-refractivity contribution is -0.0511. The van der Waals surface area contributed by atoms with Crippen LogP contribution < -0.4 is 14.8 Å². The second-order valence-corrected chi connectivity index (χ2v) is 6.96.